The van der Waals surface area contributed by atoms with Crippen LogP contribution in [-0.4, -0.2) is 32.0 Å². The van der Waals surface area contributed by atoms with Gasteiger partial charge in [0.1, 0.15) is 6.54 Å². The van der Waals surface area contributed by atoms with Gasteiger partial charge in [-0.15, -0.1) is 0 Å². The molecule has 0 saturated carbocycles. The number of ketones is 1. The van der Waals surface area contributed by atoms with E-state index in [2.05, 4.69) is 49.1 Å². The van der Waals surface area contributed by atoms with Crippen molar-refractivity contribution in [1.29, 1.82) is 0 Å². The molecule has 0 spiro atoms. The third-order valence-corrected chi connectivity index (χ3v) is 5.05. The van der Waals surface area contributed by atoms with E-state index in [1.807, 2.05) is 12.1 Å². The zero-order chi connectivity index (χ0) is 17.1. The van der Waals surface area contributed by atoms with E-state index < -0.39 is 0 Å². The van der Waals surface area contributed by atoms with Gasteiger partial charge in [0.25, 0.3) is 0 Å². The number of nitrogens with one attached hydrogen (secondary N) is 1. The number of quaternary nitrogens is 1. The zero-order valence-corrected chi connectivity index (χ0v) is 14.9. The molecule has 0 unspecified atom stereocenters. The second kappa shape index (κ2) is 7.18. The molecule has 3 rings (SSSR count). The third-order valence-electron chi connectivity index (χ3n) is 5.05. The summed E-state index contributed by atoms with van der Waals surface area (Å²) in [5, 5.41) is 0. The normalized spacial score (nSPS) is 15.5. The molecule has 1 aliphatic heterocycles. The third kappa shape index (κ3) is 3.85. The monoisotopic (exact) mass is 323 g/mol. The minimum atomic E-state index is 0.129. The van der Waals surface area contributed by atoms with E-state index in [1.165, 1.54) is 22.4 Å². The summed E-state index contributed by atoms with van der Waals surface area (Å²) in [6.45, 7) is 11.6. The quantitative estimate of drug-likeness (QED) is 0.874. The first-order valence-electron chi connectivity index (χ1n) is 8.78. The largest absolute Gasteiger partial charge is 0.360 e. The molecule has 1 N–H and O–H groups in total. The van der Waals surface area contributed by atoms with Gasteiger partial charge in [-0.25, -0.2) is 0 Å². The highest BCUT2D eigenvalue weighted by Crippen LogP contribution is 2.16. The second-order valence-electron chi connectivity index (χ2n) is 6.95. The van der Waals surface area contributed by atoms with E-state index in [9.17, 15) is 4.79 Å². The molecule has 0 bridgehead atoms. The van der Waals surface area contributed by atoms with Crippen LogP contribution in [0.15, 0.2) is 42.5 Å². The van der Waals surface area contributed by atoms with Crippen molar-refractivity contribution >= 4 is 11.5 Å². The Morgan fingerprint density at radius 1 is 1.04 bits per heavy atom. The van der Waals surface area contributed by atoms with Crippen LogP contribution in [0.4, 0.5) is 5.69 Å². The van der Waals surface area contributed by atoms with Crippen molar-refractivity contribution in [2.45, 2.75) is 27.3 Å². The van der Waals surface area contributed by atoms with Gasteiger partial charge in [-0.1, -0.05) is 23.8 Å². The van der Waals surface area contributed by atoms with Crippen molar-refractivity contribution in [1.82, 2.24) is 0 Å². The number of nitrogens with zero attached hydrogens (tertiary/aromatic N) is 1. The second-order valence-corrected chi connectivity index (χ2v) is 6.95. The van der Waals surface area contributed by atoms with Crippen LogP contribution in [-0.2, 0) is 6.54 Å². The van der Waals surface area contributed by atoms with Gasteiger partial charge in [0.2, 0.25) is 0 Å². The molecular weight excluding hydrogens is 296 g/mol. The van der Waals surface area contributed by atoms with Crippen molar-refractivity contribution in [2.75, 3.05) is 31.1 Å². The van der Waals surface area contributed by atoms with Crippen LogP contribution in [0.3, 0.4) is 0 Å². The minimum Gasteiger partial charge on any atom is -0.360 e. The highest BCUT2D eigenvalue weighted by Gasteiger charge is 2.21. The Morgan fingerprint density at radius 3 is 2.33 bits per heavy atom. The summed E-state index contributed by atoms with van der Waals surface area (Å²) in [5.41, 5.74) is 6.24. The SMILES string of the molecule is CC(=O)c1ccc(N2CC[NH+](Cc3cc(C)ccc3C)CC2)cc1. The molecule has 0 aromatic heterocycles. The van der Waals surface area contributed by atoms with Crippen molar-refractivity contribution in [2.24, 2.45) is 0 Å². The summed E-state index contributed by atoms with van der Waals surface area (Å²) in [6.07, 6.45) is 0. The highest BCUT2D eigenvalue weighted by molar-refractivity contribution is 5.94. The molecule has 1 heterocycles. The van der Waals surface area contributed by atoms with Crippen molar-refractivity contribution in [3.8, 4) is 0 Å². The Hall–Kier alpha value is -2.13. The zero-order valence-electron chi connectivity index (χ0n) is 14.9. The summed E-state index contributed by atoms with van der Waals surface area (Å²) in [5.74, 6) is 0.129. The number of hydrogen-bond donors (Lipinski definition) is 1. The first-order chi connectivity index (χ1) is 11.5. The predicted molar refractivity (Wildman–Crippen MR) is 99.0 cm³/mol. The number of hydrogen-bond acceptors (Lipinski definition) is 2. The molecule has 0 aliphatic carbocycles. The van der Waals surface area contributed by atoms with Gasteiger partial charge in [0.15, 0.2) is 5.78 Å². The average Bonchev–Trinajstić information content (AvgIpc) is 2.59. The molecule has 126 valence electrons. The van der Waals surface area contributed by atoms with E-state index in [-0.39, 0.29) is 5.78 Å². The number of Topliss-reactive ketones (excluding diaryl/α,β-unsaturated/α-hetero) is 1. The summed E-state index contributed by atoms with van der Waals surface area (Å²) in [4.78, 5) is 15.5. The van der Waals surface area contributed by atoms with E-state index in [4.69, 9.17) is 0 Å². The van der Waals surface area contributed by atoms with Gasteiger partial charge in [-0.3, -0.25) is 4.79 Å². The summed E-state index contributed by atoms with van der Waals surface area (Å²) in [6, 6.07) is 14.8. The fraction of sp³-hybridized carbons (Fsp3) is 0.381. The van der Waals surface area contributed by atoms with Crippen LogP contribution in [0, 0.1) is 13.8 Å². The predicted octanol–water partition coefficient (Wildman–Crippen LogP) is 2.41. The maximum atomic E-state index is 11.4. The van der Waals surface area contributed by atoms with Crippen LogP contribution in [0.5, 0.6) is 0 Å². The van der Waals surface area contributed by atoms with Crippen LogP contribution in [0.2, 0.25) is 0 Å². The molecule has 0 radical (unpaired) electrons. The Bertz CT molecular complexity index is 713. The molecule has 2 aromatic rings. The van der Waals surface area contributed by atoms with Crippen molar-refractivity contribution < 1.29 is 9.69 Å². The molecule has 1 aliphatic rings. The maximum Gasteiger partial charge on any atom is 0.159 e. The summed E-state index contributed by atoms with van der Waals surface area (Å²) >= 11 is 0. The lowest BCUT2D eigenvalue weighted by Gasteiger charge is -2.34. The number of carbonyl (C=O) groups excluding carboxylic acids is 1. The van der Waals surface area contributed by atoms with Crippen LogP contribution < -0.4 is 9.80 Å². The van der Waals surface area contributed by atoms with Gasteiger partial charge in [-0.2, -0.15) is 0 Å². The number of benzene rings is 2. The average molecular weight is 323 g/mol. The smallest absolute Gasteiger partial charge is 0.159 e. The molecule has 0 amide bonds. The lowest BCUT2D eigenvalue weighted by molar-refractivity contribution is -0.914. The number of carbonyl (C=O) groups is 1. The fourth-order valence-electron chi connectivity index (χ4n) is 3.42. The van der Waals surface area contributed by atoms with Crippen molar-refractivity contribution in [3.05, 3.63) is 64.7 Å². The van der Waals surface area contributed by atoms with Crippen LogP contribution >= 0.6 is 0 Å². The van der Waals surface area contributed by atoms with Gasteiger partial charge in [0.05, 0.1) is 26.2 Å². The molecular formula is C21H27N2O+. The molecule has 2 aromatic carbocycles. The summed E-state index contributed by atoms with van der Waals surface area (Å²) in [7, 11) is 0. The molecule has 1 fully saturated rings. The number of piperazine rings is 1. The molecule has 1 saturated heterocycles. The van der Waals surface area contributed by atoms with Gasteiger partial charge in [0, 0.05) is 16.8 Å². The van der Waals surface area contributed by atoms with E-state index in [1.54, 1.807) is 11.8 Å². The van der Waals surface area contributed by atoms with Gasteiger partial charge in [-0.05, 0) is 50.6 Å². The fourth-order valence-corrected chi connectivity index (χ4v) is 3.42. The lowest BCUT2D eigenvalue weighted by Crippen LogP contribution is -3.13. The van der Waals surface area contributed by atoms with Gasteiger partial charge >= 0.3 is 0 Å². The van der Waals surface area contributed by atoms with E-state index >= 15 is 0 Å². The Balaban J connectivity index is 1.59. The Labute approximate surface area is 144 Å². The maximum absolute atomic E-state index is 11.4. The number of aryl methyl sites for hydroxylation is 2. The summed E-state index contributed by atoms with van der Waals surface area (Å²) < 4.78 is 0. The van der Waals surface area contributed by atoms with Gasteiger partial charge < -0.3 is 9.80 Å². The lowest BCUT2D eigenvalue weighted by atomic mass is 10.0. The highest BCUT2D eigenvalue weighted by atomic mass is 16.1. The molecule has 3 nitrogen and oxygen atoms in total. The van der Waals surface area contributed by atoms with Crippen LogP contribution in [0.1, 0.15) is 34.0 Å². The first-order valence-corrected chi connectivity index (χ1v) is 8.78. The van der Waals surface area contributed by atoms with E-state index in [0.29, 0.717) is 0 Å². The van der Waals surface area contributed by atoms with Crippen LogP contribution in [0.25, 0.3) is 0 Å². The Morgan fingerprint density at radius 2 is 1.71 bits per heavy atom. The number of rotatable bonds is 4. The molecule has 3 heteroatoms. The topological polar surface area (TPSA) is 24.8 Å². The first kappa shape index (κ1) is 16.7. The van der Waals surface area contributed by atoms with Crippen molar-refractivity contribution in [3.63, 3.8) is 0 Å². The Kier molecular flexibility index (Phi) is 5.00. The minimum absolute atomic E-state index is 0.129. The molecule has 0 atom stereocenters. The van der Waals surface area contributed by atoms with E-state index in [0.717, 1.165) is 38.3 Å². The standard InChI is InChI=1S/C21H26N2O/c1-16-4-5-17(2)20(14-16)15-22-10-12-23(13-11-22)21-8-6-19(7-9-21)18(3)24/h4-9,14H,10-13,15H2,1-3H3/p+1. The number of anilines is 1. The molecule has 24 heavy (non-hydrogen) atoms.